The van der Waals surface area contributed by atoms with Crippen LogP contribution in [0.4, 0.5) is 0 Å². The predicted molar refractivity (Wildman–Crippen MR) is 62.7 cm³/mol. The van der Waals surface area contributed by atoms with Crippen molar-refractivity contribution < 1.29 is 9.53 Å². The van der Waals surface area contributed by atoms with Gasteiger partial charge in [-0.05, 0) is 32.9 Å². The molecule has 1 N–H and O–H groups in total. The first-order chi connectivity index (χ1) is 7.15. The van der Waals surface area contributed by atoms with Crippen molar-refractivity contribution >= 4 is 5.97 Å². The average Bonchev–Trinajstić information content (AvgIpc) is 2.25. The van der Waals surface area contributed by atoms with Gasteiger partial charge in [0.1, 0.15) is 12.6 Å². The number of carbonyl (C=O) groups is 1. The van der Waals surface area contributed by atoms with Crippen molar-refractivity contribution in [1.82, 2.24) is 5.32 Å². The molecule has 0 aliphatic rings. The number of hydrogen-bond donors (Lipinski definition) is 1. The van der Waals surface area contributed by atoms with Crippen LogP contribution in [0, 0.1) is 0 Å². The van der Waals surface area contributed by atoms with Gasteiger partial charge >= 0.3 is 5.97 Å². The van der Waals surface area contributed by atoms with Gasteiger partial charge in [-0.3, -0.25) is 4.79 Å². The van der Waals surface area contributed by atoms with Crippen molar-refractivity contribution in [1.29, 1.82) is 0 Å². The Morgan fingerprint density at radius 2 is 2.20 bits per heavy atom. The van der Waals surface area contributed by atoms with E-state index in [0.29, 0.717) is 6.61 Å². The third-order valence-corrected chi connectivity index (χ3v) is 2.06. The van der Waals surface area contributed by atoms with Crippen LogP contribution in [0.25, 0.3) is 0 Å². The third kappa shape index (κ3) is 6.07. The molecule has 1 unspecified atom stereocenters. The van der Waals surface area contributed by atoms with E-state index in [2.05, 4.69) is 5.32 Å². The van der Waals surface area contributed by atoms with Gasteiger partial charge in [0.25, 0.3) is 0 Å². The van der Waals surface area contributed by atoms with E-state index in [0.717, 1.165) is 12.0 Å². The molecular formula is C12H21NO2. The lowest BCUT2D eigenvalue weighted by molar-refractivity contribution is -0.145. The van der Waals surface area contributed by atoms with Crippen molar-refractivity contribution in [2.45, 2.75) is 33.2 Å². The van der Waals surface area contributed by atoms with E-state index in [1.54, 1.807) is 7.05 Å². The minimum atomic E-state index is -0.195. The summed E-state index contributed by atoms with van der Waals surface area (Å²) in [5.74, 6) is -0.187. The summed E-state index contributed by atoms with van der Waals surface area (Å²) in [6.45, 7) is 6.20. The molecule has 0 rings (SSSR count). The number of hydrogen-bond acceptors (Lipinski definition) is 3. The summed E-state index contributed by atoms with van der Waals surface area (Å²) in [5, 5.41) is 2.91. The molecule has 0 aromatic rings. The van der Waals surface area contributed by atoms with Gasteiger partial charge < -0.3 is 10.1 Å². The SMILES string of the molecule is C/C=C\C=C(/C)COC(=O)C(CC)NC. The third-order valence-electron chi connectivity index (χ3n) is 2.06. The van der Waals surface area contributed by atoms with E-state index < -0.39 is 0 Å². The van der Waals surface area contributed by atoms with Crippen molar-refractivity contribution in [3.05, 3.63) is 23.8 Å². The molecule has 0 saturated carbocycles. The maximum atomic E-state index is 11.5. The van der Waals surface area contributed by atoms with Crippen LogP contribution in [0.1, 0.15) is 27.2 Å². The number of likely N-dealkylation sites (N-methyl/N-ethyl adjacent to an activating group) is 1. The molecule has 15 heavy (non-hydrogen) atoms. The molecule has 3 nitrogen and oxygen atoms in total. The summed E-state index contributed by atoms with van der Waals surface area (Å²) in [7, 11) is 1.76. The second-order valence-electron chi connectivity index (χ2n) is 3.40. The zero-order chi connectivity index (χ0) is 11.7. The van der Waals surface area contributed by atoms with Gasteiger partial charge in [-0.2, -0.15) is 0 Å². The topological polar surface area (TPSA) is 38.3 Å². The lowest BCUT2D eigenvalue weighted by Crippen LogP contribution is -2.35. The first-order valence-corrected chi connectivity index (χ1v) is 5.28. The van der Waals surface area contributed by atoms with Crippen molar-refractivity contribution in [2.24, 2.45) is 0 Å². The van der Waals surface area contributed by atoms with Crippen LogP contribution in [0.5, 0.6) is 0 Å². The van der Waals surface area contributed by atoms with Gasteiger partial charge in [0, 0.05) is 0 Å². The maximum Gasteiger partial charge on any atom is 0.323 e. The maximum absolute atomic E-state index is 11.5. The van der Waals surface area contributed by atoms with Gasteiger partial charge in [-0.25, -0.2) is 0 Å². The number of esters is 1. The molecule has 0 amide bonds. The largest absolute Gasteiger partial charge is 0.460 e. The Labute approximate surface area is 92.2 Å². The zero-order valence-corrected chi connectivity index (χ0v) is 10.0. The first kappa shape index (κ1) is 13.9. The van der Waals surface area contributed by atoms with Crippen molar-refractivity contribution in [3.63, 3.8) is 0 Å². The monoisotopic (exact) mass is 211 g/mol. The Kier molecular flexibility index (Phi) is 7.64. The number of rotatable bonds is 6. The number of nitrogens with one attached hydrogen (secondary N) is 1. The molecule has 1 atom stereocenters. The Hall–Kier alpha value is -1.09. The van der Waals surface area contributed by atoms with Gasteiger partial charge in [-0.1, -0.05) is 25.2 Å². The second-order valence-corrected chi connectivity index (χ2v) is 3.40. The molecule has 86 valence electrons. The van der Waals surface area contributed by atoms with E-state index in [1.807, 2.05) is 39.0 Å². The standard InChI is InChI=1S/C12H21NO2/c1-5-7-8-10(3)9-15-12(14)11(6-2)13-4/h5,7-8,11,13H,6,9H2,1-4H3/b7-5-,10-8+. The van der Waals surface area contributed by atoms with Gasteiger partial charge in [0.05, 0.1) is 0 Å². The quantitative estimate of drug-likeness (QED) is 0.540. The van der Waals surface area contributed by atoms with E-state index in [9.17, 15) is 4.79 Å². The van der Waals surface area contributed by atoms with Crippen molar-refractivity contribution in [2.75, 3.05) is 13.7 Å². The van der Waals surface area contributed by atoms with E-state index >= 15 is 0 Å². The molecule has 0 aromatic heterocycles. The highest BCUT2D eigenvalue weighted by molar-refractivity contribution is 5.75. The molecule has 0 radical (unpaired) electrons. The predicted octanol–water partition coefficient (Wildman–Crippen LogP) is 2.05. The fraction of sp³-hybridized carbons (Fsp3) is 0.583. The molecule has 0 fully saturated rings. The summed E-state index contributed by atoms with van der Waals surface area (Å²) in [6, 6.07) is -0.195. The minimum absolute atomic E-state index is 0.187. The summed E-state index contributed by atoms with van der Waals surface area (Å²) >= 11 is 0. The normalized spacial score (nSPS) is 14.3. The van der Waals surface area contributed by atoms with Crippen LogP contribution in [0.3, 0.4) is 0 Å². The fourth-order valence-electron chi connectivity index (χ4n) is 1.08. The molecule has 0 aliphatic heterocycles. The summed E-state index contributed by atoms with van der Waals surface area (Å²) in [4.78, 5) is 11.5. The van der Waals surface area contributed by atoms with E-state index in [1.165, 1.54) is 0 Å². The summed E-state index contributed by atoms with van der Waals surface area (Å²) < 4.78 is 5.14. The van der Waals surface area contributed by atoms with Crippen LogP contribution in [0.15, 0.2) is 23.8 Å². The van der Waals surface area contributed by atoms with Gasteiger partial charge in [-0.15, -0.1) is 0 Å². The summed E-state index contributed by atoms with van der Waals surface area (Å²) in [6.07, 6.45) is 6.55. The molecule has 0 aliphatic carbocycles. The molecule has 0 heterocycles. The molecule has 0 saturated heterocycles. The molecule has 0 aromatic carbocycles. The lowest BCUT2D eigenvalue weighted by Gasteiger charge is -2.12. The minimum Gasteiger partial charge on any atom is -0.460 e. The smallest absolute Gasteiger partial charge is 0.323 e. The van der Waals surface area contributed by atoms with Crippen molar-refractivity contribution in [3.8, 4) is 0 Å². The summed E-state index contributed by atoms with van der Waals surface area (Å²) in [5.41, 5.74) is 1.03. The number of ether oxygens (including phenoxy) is 1. The highest BCUT2D eigenvalue weighted by atomic mass is 16.5. The van der Waals surface area contributed by atoms with Crippen LogP contribution in [-0.2, 0) is 9.53 Å². The highest BCUT2D eigenvalue weighted by Crippen LogP contribution is 1.99. The average molecular weight is 211 g/mol. The lowest BCUT2D eigenvalue weighted by atomic mass is 10.2. The van der Waals surface area contributed by atoms with Crippen LogP contribution < -0.4 is 5.32 Å². The fourth-order valence-corrected chi connectivity index (χ4v) is 1.08. The number of carbonyl (C=O) groups excluding carboxylic acids is 1. The first-order valence-electron chi connectivity index (χ1n) is 5.28. The number of allylic oxidation sites excluding steroid dienone is 3. The highest BCUT2D eigenvalue weighted by Gasteiger charge is 2.14. The molecule has 3 heteroatoms. The molecular weight excluding hydrogens is 190 g/mol. The van der Waals surface area contributed by atoms with Gasteiger partial charge in [0.2, 0.25) is 0 Å². The van der Waals surface area contributed by atoms with E-state index in [-0.39, 0.29) is 12.0 Å². The van der Waals surface area contributed by atoms with Crippen LogP contribution in [0.2, 0.25) is 0 Å². The second kappa shape index (κ2) is 8.24. The molecule has 0 bridgehead atoms. The Morgan fingerprint density at radius 1 is 1.53 bits per heavy atom. The van der Waals surface area contributed by atoms with Crippen LogP contribution in [-0.4, -0.2) is 25.7 Å². The van der Waals surface area contributed by atoms with Crippen LogP contribution >= 0.6 is 0 Å². The Balaban J connectivity index is 3.99. The zero-order valence-electron chi connectivity index (χ0n) is 10.0. The molecule has 0 spiro atoms. The van der Waals surface area contributed by atoms with Gasteiger partial charge in [0.15, 0.2) is 0 Å². The Morgan fingerprint density at radius 3 is 2.67 bits per heavy atom. The van der Waals surface area contributed by atoms with E-state index in [4.69, 9.17) is 4.74 Å². The Bertz CT molecular complexity index is 240.